The fourth-order valence-corrected chi connectivity index (χ4v) is 3.94. The molecule has 142 valence electrons. The molecule has 1 heterocycles. The third-order valence-electron chi connectivity index (χ3n) is 4.59. The van der Waals surface area contributed by atoms with Crippen LogP contribution in [0, 0.1) is 0 Å². The Balaban J connectivity index is 1.41. The molecule has 1 saturated heterocycles. The maximum Gasteiger partial charge on any atom is 0.242 e. The monoisotopic (exact) mass is 383 g/mol. The highest BCUT2D eigenvalue weighted by molar-refractivity contribution is 8.00. The Labute approximate surface area is 164 Å². The van der Waals surface area contributed by atoms with Crippen molar-refractivity contribution in [2.45, 2.75) is 17.1 Å². The third kappa shape index (κ3) is 5.50. The van der Waals surface area contributed by atoms with E-state index in [1.54, 1.807) is 0 Å². The van der Waals surface area contributed by atoms with Gasteiger partial charge in [-0.25, -0.2) is 0 Å². The van der Waals surface area contributed by atoms with Crippen molar-refractivity contribution < 1.29 is 9.59 Å². The molecule has 1 N–H and O–H groups in total. The van der Waals surface area contributed by atoms with Crippen molar-refractivity contribution in [2.24, 2.45) is 0 Å². The van der Waals surface area contributed by atoms with Crippen molar-refractivity contribution in [3.05, 3.63) is 60.7 Å². The fraction of sp³-hybridized carbons (Fsp3) is 0.333. The van der Waals surface area contributed by atoms with E-state index >= 15 is 0 Å². The molecule has 1 fully saturated rings. The van der Waals surface area contributed by atoms with E-state index in [1.807, 2.05) is 60.4 Å². The van der Waals surface area contributed by atoms with Crippen LogP contribution in [0.15, 0.2) is 65.6 Å². The van der Waals surface area contributed by atoms with Gasteiger partial charge in [0.2, 0.25) is 11.8 Å². The zero-order chi connectivity index (χ0) is 19.1. The molecule has 1 aliphatic rings. The Morgan fingerprint density at radius 1 is 0.963 bits per heavy atom. The normalized spacial score (nSPS) is 15.3. The zero-order valence-electron chi connectivity index (χ0n) is 15.5. The molecule has 27 heavy (non-hydrogen) atoms. The molecule has 6 heteroatoms. The Hall–Kier alpha value is -2.47. The number of benzene rings is 2. The molecular weight excluding hydrogens is 358 g/mol. The number of rotatable bonds is 6. The number of carbonyl (C=O) groups excluding carboxylic acids is 2. The highest BCUT2D eigenvalue weighted by Gasteiger charge is 2.22. The van der Waals surface area contributed by atoms with Gasteiger partial charge in [-0.05, 0) is 31.2 Å². The molecule has 0 aliphatic carbocycles. The number of hydrogen-bond acceptors (Lipinski definition) is 4. The second kappa shape index (κ2) is 9.46. The van der Waals surface area contributed by atoms with E-state index in [9.17, 15) is 9.59 Å². The maximum atomic E-state index is 12.4. The molecular formula is C21H25N3O2S. The molecule has 2 amide bonds. The van der Waals surface area contributed by atoms with Crippen LogP contribution in [-0.4, -0.2) is 54.7 Å². The molecule has 1 aliphatic heterocycles. The largest absolute Gasteiger partial charge is 0.368 e. The number of anilines is 1. The van der Waals surface area contributed by atoms with Crippen LogP contribution >= 0.6 is 11.8 Å². The number of piperazine rings is 1. The lowest BCUT2D eigenvalue weighted by Gasteiger charge is -2.36. The van der Waals surface area contributed by atoms with Crippen LogP contribution < -0.4 is 10.2 Å². The summed E-state index contributed by atoms with van der Waals surface area (Å²) in [5.41, 5.74) is 1.18. The quantitative estimate of drug-likeness (QED) is 0.779. The minimum absolute atomic E-state index is 0.0204. The first-order chi connectivity index (χ1) is 13.1. The van der Waals surface area contributed by atoms with Gasteiger partial charge in [0.25, 0.3) is 0 Å². The zero-order valence-corrected chi connectivity index (χ0v) is 16.3. The second-order valence-electron chi connectivity index (χ2n) is 6.49. The molecule has 0 spiro atoms. The number of para-hydroxylation sites is 1. The molecule has 0 bridgehead atoms. The van der Waals surface area contributed by atoms with E-state index in [-0.39, 0.29) is 23.6 Å². The van der Waals surface area contributed by atoms with Crippen molar-refractivity contribution in [2.75, 3.05) is 37.6 Å². The van der Waals surface area contributed by atoms with Gasteiger partial charge in [-0.1, -0.05) is 36.4 Å². The van der Waals surface area contributed by atoms with E-state index < -0.39 is 0 Å². The Morgan fingerprint density at radius 3 is 2.19 bits per heavy atom. The third-order valence-corrected chi connectivity index (χ3v) is 5.70. The van der Waals surface area contributed by atoms with Crippen LogP contribution in [0.5, 0.6) is 0 Å². The SMILES string of the molecule is CC(Sc1ccccc1)C(=O)NCC(=O)N1CCN(c2ccccc2)CC1. The van der Waals surface area contributed by atoms with Crippen LogP contribution in [0.1, 0.15) is 6.92 Å². The Kier molecular flexibility index (Phi) is 6.76. The highest BCUT2D eigenvalue weighted by atomic mass is 32.2. The molecule has 3 rings (SSSR count). The number of hydrogen-bond donors (Lipinski definition) is 1. The van der Waals surface area contributed by atoms with Gasteiger partial charge in [-0.2, -0.15) is 0 Å². The van der Waals surface area contributed by atoms with Crippen molar-refractivity contribution in [1.29, 1.82) is 0 Å². The Bertz CT molecular complexity index is 747. The van der Waals surface area contributed by atoms with Gasteiger partial charge >= 0.3 is 0 Å². The first kappa shape index (κ1) is 19.3. The van der Waals surface area contributed by atoms with E-state index in [0.29, 0.717) is 13.1 Å². The summed E-state index contributed by atoms with van der Waals surface area (Å²) in [6.45, 7) is 4.89. The lowest BCUT2D eigenvalue weighted by Crippen LogP contribution is -2.51. The van der Waals surface area contributed by atoms with E-state index in [1.165, 1.54) is 17.4 Å². The molecule has 0 saturated carbocycles. The highest BCUT2D eigenvalue weighted by Crippen LogP contribution is 2.22. The first-order valence-corrected chi connectivity index (χ1v) is 10.1. The summed E-state index contributed by atoms with van der Waals surface area (Å²) in [6.07, 6.45) is 0. The van der Waals surface area contributed by atoms with E-state index in [4.69, 9.17) is 0 Å². The molecule has 1 atom stereocenters. The van der Waals surface area contributed by atoms with Crippen LogP contribution in [0.3, 0.4) is 0 Å². The summed E-state index contributed by atoms with van der Waals surface area (Å²) in [4.78, 5) is 29.8. The van der Waals surface area contributed by atoms with Crippen LogP contribution in [0.4, 0.5) is 5.69 Å². The summed E-state index contributed by atoms with van der Waals surface area (Å²) < 4.78 is 0. The number of nitrogens with one attached hydrogen (secondary N) is 1. The van der Waals surface area contributed by atoms with Crippen molar-refractivity contribution in [3.63, 3.8) is 0 Å². The summed E-state index contributed by atoms with van der Waals surface area (Å²) >= 11 is 1.49. The topological polar surface area (TPSA) is 52.7 Å². The Morgan fingerprint density at radius 2 is 1.56 bits per heavy atom. The summed E-state index contributed by atoms with van der Waals surface area (Å²) in [6, 6.07) is 20.0. The van der Waals surface area contributed by atoms with Crippen molar-refractivity contribution >= 4 is 29.3 Å². The second-order valence-corrected chi connectivity index (χ2v) is 7.91. The molecule has 0 radical (unpaired) electrons. The molecule has 5 nitrogen and oxygen atoms in total. The van der Waals surface area contributed by atoms with Gasteiger partial charge in [0.05, 0.1) is 11.8 Å². The van der Waals surface area contributed by atoms with Crippen molar-refractivity contribution in [1.82, 2.24) is 10.2 Å². The standard InChI is InChI=1S/C21H25N3O2S/c1-17(27-19-10-6-3-7-11-19)21(26)22-16-20(25)24-14-12-23(13-15-24)18-8-4-2-5-9-18/h2-11,17H,12-16H2,1H3,(H,22,26). The summed E-state index contributed by atoms with van der Waals surface area (Å²) in [5.74, 6) is -0.131. The van der Waals surface area contributed by atoms with Crippen LogP contribution in [0.25, 0.3) is 0 Å². The lowest BCUT2D eigenvalue weighted by molar-refractivity contribution is -0.132. The van der Waals surface area contributed by atoms with Crippen LogP contribution in [-0.2, 0) is 9.59 Å². The first-order valence-electron chi connectivity index (χ1n) is 9.20. The predicted molar refractivity (Wildman–Crippen MR) is 110 cm³/mol. The van der Waals surface area contributed by atoms with E-state index in [0.717, 1.165) is 18.0 Å². The number of thioether (sulfide) groups is 1. The summed E-state index contributed by atoms with van der Waals surface area (Å²) in [7, 11) is 0. The lowest BCUT2D eigenvalue weighted by atomic mass is 10.2. The molecule has 2 aromatic rings. The molecule has 2 aromatic carbocycles. The number of amides is 2. The van der Waals surface area contributed by atoms with Gasteiger partial charge in [0.15, 0.2) is 0 Å². The van der Waals surface area contributed by atoms with Gasteiger partial charge in [0, 0.05) is 36.8 Å². The smallest absolute Gasteiger partial charge is 0.242 e. The van der Waals surface area contributed by atoms with E-state index in [2.05, 4.69) is 22.3 Å². The summed E-state index contributed by atoms with van der Waals surface area (Å²) in [5, 5.41) is 2.54. The van der Waals surface area contributed by atoms with Gasteiger partial charge in [-0.15, -0.1) is 11.8 Å². The average molecular weight is 384 g/mol. The molecule has 0 aromatic heterocycles. The maximum absolute atomic E-state index is 12.4. The fourth-order valence-electron chi connectivity index (χ4n) is 3.03. The van der Waals surface area contributed by atoms with Gasteiger partial charge in [-0.3, -0.25) is 9.59 Å². The van der Waals surface area contributed by atoms with Gasteiger partial charge < -0.3 is 15.1 Å². The number of nitrogens with zero attached hydrogens (tertiary/aromatic N) is 2. The van der Waals surface area contributed by atoms with Crippen LogP contribution in [0.2, 0.25) is 0 Å². The van der Waals surface area contributed by atoms with Crippen molar-refractivity contribution in [3.8, 4) is 0 Å². The minimum atomic E-state index is -0.241. The predicted octanol–water partition coefficient (Wildman–Crippen LogP) is 2.63. The average Bonchev–Trinajstić information content (AvgIpc) is 2.73. The molecule has 1 unspecified atom stereocenters. The minimum Gasteiger partial charge on any atom is -0.368 e. The number of carbonyl (C=O) groups is 2. The van der Waals surface area contributed by atoms with Gasteiger partial charge in [0.1, 0.15) is 0 Å².